The molecule has 0 aliphatic heterocycles. The van der Waals surface area contributed by atoms with Crippen LogP contribution in [0.1, 0.15) is 65.2 Å². The lowest BCUT2D eigenvalue weighted by Gasteiger charge is -2.28. The predicted molar refractivity (Wildman–Crippen MR) is 77.3 cm³/mol. The van der Waals surface area contributed by atoms with Crippen LogP contribution >= 0.6 is 0 Å². The second-order valence-electron chi connectivity index (χ2n) is 5.05. The van der Waals surface area contributed by atoms with Gasteiger partial charge in [0.1, 0.15) is 12.3 Å². The zero-order chi connectivity index (χ0) is 14.5. The predicted octanol–water partition coefficient (Wildman–Crippen LogP) is 3.10. The summed E-state index contributed by atoms with van der Waals surface area (Å²) in [6.07, 6.45) is 8.16. The second kappa shape index (κ2) is 12.2. The molecule has 0 fully saturated rings. The van der Waals surface area contributed by atoms with Crippen molar-refractivity contribution >= 4 is 12.3 Å². The summed E-state index contributed by atoms with van der Waals surface area (Å²) in [6, 6.07) is -0.501. The number of aldehydes is 1. The highest BCUT2D eigenvalue weighted by Gasteiger charge is 2.24. The second-order valence-corrected chi connectivity index (χ2v) is 5.05. The van der Waals surface area contributed by atoms with Crippen molar-refractivity contribution in [3.8, 4) is 0 Å². The van der Waals surface area contributed by atoms with Gasteiger partial charge in [-0.3, -0.25) is 9.69 Å². The summed E-state index contributed by atoms with van der Waals surface area (Å²) in [6.45, 7) is 5.94. The Bertz CT molecular complexity index is 234. The molecule has 0 radical (unpaired) electrons. The Labute approximate surface area is 117 Å². The first kappa shape index (κ1) is 18.1. The van der Waals surface area contributed by atoms with Crippen molar-refractivity contribution in [1.82, 2.24) is 4.90 Å². The number of carbonyl (C=O) groups excluding carboxylic acids is 1. The van der Waals surface area contributed by atoms with Gasteiger partial charge in [-0.25, -0.2) is 0 Å². The monoisotopic (exact) mass is 271 g/mol. The molecule has 1 unspecified atom stereocenters. The van der Waals surface area contributed by atoms with E-state index in [4.69, 9.17) is 0 Å². The molecule has 0 bridgehead atoms. The lowest BCUT2D eigenvalue weighted by Crippen LogP contribution is -2.42. The molecule has 4 heteroatoms. The van der Waals surface area contributed by atoms with Crippen LogP contribution in [0.5, 0.6) is 0 Å². The molecule has 0 rings (SSSR count). The van der Waals surface area contributed by atoms with Gasteiger partial charge in [0.2, 0.25) is 0 Å². The maximum Gasteiger partial charge on any atom is 0.320 e. The summed E-state index contributed by atoms with van der Waals surface area (Å²) in [5.41, 5.74) is 0. The van der Waals surface area contributed by atoms with Gasteiger partial charge in [0.25, 0.3) is 0 Å². The zero-order valence-electron chi connectivity index (χ0n) is 12.4. The fourth-order valence-corrected chi connectivity index (χ4v) is 2.24. The molecule has 112 valence electrons. The van der Waals surface area contributed by atoms with Gasteiger partial charge >= 0.3 is 5.97 Å². The van der Waals surface area contributed by atoms with Crippen molar-refractivity contribution in [1.29, 1.82) is 0 Å². The van der Waals surface area contributed by atoms with Crippen LogP contribution in [0.25, 0.3) is 0 Å². The van der Waals surface area contributed by atoms with Crippen molar-refractivity contribution in [2.45, 2.75) is 71.3 Å². The van der Waals surface area contributed by atoms with E-state index in [0.717, 1.165) is 57.9 Å². The van der Waals surface area contributed by atoms with E-state index < -0.39 is 12.0 Å². The van der Waals surface area contributed by atoms with E-state index in [0.29, 0.717) is 12.8 Å². The number of unbranched alkanes of at least 4 members (excludes halogenated alkanes) is 4. The molecule has 19 heavy (non-hydrogen) atoms. The Balaban J connectivity index is 4.42. The molecule has 0 aromatic rings. The van der Waals surface area contributed by atoms with E-state index in [-0.39, 0.29) is 0 Å². The van der Waals surface area contributed by atoms with Gasteiger partial charge in [-0.05, 0) is 32.4 Å². The fourth-order valence-electron chi connectivity index (χ4n) is 2.24. The van der Waals surface area contributed by atoms with E-state index in [2.05, 4.69) is 18.7 Å². The summed E-state index contributed by atoms with van der Waals surface area (Å²) in [7, 11) is 0. The maximum absolute atomic E-state index is 11.4. The van der Waals surface area contributed by atoms with Crippen molar-refractivity contribution in [2.75, 3.05) is 13.1 Å². The maximum atomic E-state index is 11.4. The summed E-state index contributed by atoms with van der Waals surface area (Å²) in [5, 5.41) is 9.33. The molecule has 0 aromatic heterocycles. The summed E-state index contributed by atoms with van der Waals surface area (Å²) in [5.74, 6) is -0.796. The van der Waals surface area contributed by atoms with Crippen LogP contribution in [-0.4, -0.2) is 41.4 Å². The first-order valence-electron chi connectivity index (χ1n) is 7.57. The number of aliphatic carboxylic acids is 1. The molecule has 0 aliphatic rings. The molecule has 0 spiro atoms. The third-order valence-electron chi connectivity index (χ3n) is 3.38. The SMILES string of the molecule is CCCCCN(CCCCC)C(CCC=O)C(=O)O. The van der Waals surface area contributed by atoms with Crippen molar-refractivity contribution in [3.05, 3.63) is 0 Å². The quantitative estimate of drug-likeness (QED) is 0.413. The zero-order valence-corrected chi connectivity index (χ0v) is 12.4. The number of hydrogen-bond donors (Lipinski definition) is 1. The number of nitrogens with zero attached hydrogens (tertiary/aromatic N) is 1. The molecule has 1 atom stereocenters. The van der Waals surface area contributed by atoms with Crippen LogP contribution < -0.4 is 0 Å². The standard InChI is InChI=1S/C15H29NO3/c1-3-5-7-11-16(12-8-6-4-2)14(15(18)19)10-9-13-17/h13-14H,3-12H2,1-2H3,(H,18,19). The van der Waals surface area contributed by atoms with Gasteiger partial charge in [0.15, 0.2) is 0 Å². The van der Waals surface area contributed by atoms with Crippen molar-refractivity contribution < 1.29 is 14.7 Å². The molecule has 1 N–H and O–H groups in total. The molecular formula is C15H29NO3. The van der Waals surface area contributed by atoms with Gasteiger partial charge in [0.05, 0.1) is 0 Å². The Morgan fingerprint density at radius 2 is 1.63 bits per heavy atom. The van der Waals surface area contributed by atoms with Crippen LogP contribution in [0, 0.1) is 0 Å². The molecule has 0 saturated carbocycles. The van der Waals surface area contributed by atoms with E-state index in [1.165, 1.54) is 0 Å². The fraction of sp³-hybridized carbons (Fsp3) is 0.867. The van der Waals surface area contributed by atoms with E-state index in [1.54, 1.807) is 0 Å². The Morgan fingerprint density at radius 1 is 1.11 bits per heavy atom. The minimum absolute atomic E-state index is 0.328. The number of carbonyl (C=O) groups is 2. The Hall–Kier alpha value is -0.900. The highest BCUT2D eigenvalue weighted by atomic mass is 16.4. The number of carboxylic acid groups (broad SMARTS) is 1. The summed E-state index contributed by atoms with van der Waals surface area (Å²) >= 11 is 0. The van der Waals surface area contributed by atoms with Crippen molar-refractivity contribution in [2.24, 2.45) is 0 Å². The van der Waals surface area contributed by atoms with Crippen LogP contribution in [0.4, 0.5) is 0 Å². The lowest BCUT2D eigenvalue weighted by molar-refractivity contribution is -0.143. The van der Waals surface area contributed by atoms with Gasteiger partial charge < -0.3 is 9.90 Å². The van der Waals surface area contributed by atoms with Crippen LogP contribution in [-0.2, 0) is 9.59 Å². The number of carboxylic acids is 1. The lowest BCUT2D eigenvalue weighted by atomic mass is 10.1. The highest BCUT2D eigenvalue weighted by Crippen LogP contribution is 2.11. The van der Waals surface area contributed by atoms with Crippen LogP contribution in [0.15, 0.2) is 0 Å². The van der Waals surface area contributed by atoms with E-state index >= 15 is 0 Å². The Morgan fingerprint density at radius 3 is 2.00 bits per heavy atom. The van der Waals surface area contributed by atoms with Crippen LogP contribution in [0.3, 0.4) is 0 Å². The van der Waals surface area contributed by atoms with Crippen molar-refractivity contribution in [3.63, 3.8) is 0 Å². The molecule has 4 nitrogen and oxygen atoms in total. The van der Waals surface area contributed by atoms with E-state index in [9.17, 15) is 14.7 Å². The van der Waals surface area contributed by atoms with Gasteiger partial charge in [-0.1, -0.05) is 39.5 Å². The van der Waals surface area contributed by atoms with Gasteiger partial charge in [-0.2, -0.15) is 0 Å². The van der Waals surface area contributed by atoms with Gasteiger partial charge in [-0.15, -0.1) is 0 Å². The molecule has 0 aliphatic carbocycles. The molecular weight excluding hydrogens is 242 g/mol. The van der Waals surface area contributed by atoms with Gasteiger partial charge in [0, 0.05) is 6.42 Å². The van der Waals surface area contributed by atoms with E-state index in [1.807, 2.05) is 0 Å². The molecule has 0 amide bonds. The third kappa shape index (κ3) is 8.76. The summed E-state index contributed by atoms with van der Waals surface area (Å²) in [4.78, 5) is 23.9. The number of hydrogen-bond acceptors (Lipinski definition) is 3. The van der Waals surface area contributed by atoms with Crippen LogP contribution in [0.2, 0.25) is 0 Å². The average molecular weight is 271 g/mol. The molecule has 0 aromatic carbocycles. The topological polar surface area (TPSA) is 57.6 Å². The third-order valence-corrected chi connectivity index (χ3v) is 3.38. The normalized spacial score (nSPS) is 12.6. The minimum atomic E-state index is -0.796. The molecule has 0 heterocycles. The highest BCUT2D eigenvalue weighted by molar-refractivity contribution is 5.73. The average Bonchev–Trinajstić information content (AvgIpc) is 2.38. The minimum Gasteiger partial charge on any atom is -0.480 e. The first-order valence-corrected chi connectivity index (χ1v) is 7.57. The number of rotatable bonds is 13. The first-order chi connectivity index (χ1) is 9.17. The molecule has 0 saturated heterocycles. The smallest absolute Gasteiger partial charge is 0.320 e. The summed E-state index contributed by atoms with van der Waals surface area (Å²) < 4.78 is 0. The Kier molecular flexibility index (Phi) is 11.6. The largest absolute Gasteiger partial charge is 0.480 e.